The van der Waals surface area contributed by atoms with Crippen LogP contribution in [0.15, 0.2) is 60.9 Å². The number of amides is 1. The van der Waals surface area contributed by atoms with Crippen molar-refractivity contribution in [2.45, 2.75) is 0 Å². The molecule has 0 radical (unpaired) electrons. The van der Waals surface area contributed by atoms with Gasteiger partial charge in [-0.1, -0.05) is 12.1 Å². The van der Waals surface area contributed by atoms with Crippen molar-refractivity contribution in [3.8, 4) is 16.9 Å². The third kappa shape index (κ3) is 4.78. The number of methoxy groups -OCH3 is 1. The number of hydrogen-bond acceptors (Lipinski definition) is 5. The van der Waals surface area contributed by atoms with Gasteiger partial charge in [-0.25, -0.2) is 14.4 Å². The maximum atomic E-state index is 12.1. The van der Waals surface area contributed by atoms with Crippen molar-refractivity contribution in [2.24, 2.45) is 0 Å². The SMILES string of the molecule is COc1ccc(-c2cnc(Nc3ccc(C(=O)NCCF)cc3)nc2)cc1. The van der Waals surface area contributed by atoms with Gasteiger partial charge in [-0.05, 0) is 42.0 Å². The summed E-state index contributed by atoms with van der Waals surface area (Å²) in [7, 11) is 1.63. The van der Waals surface area contributed by atoms with Gasteiger partial charge in [0, 0.05) is 35.8 Å². The molecule has 1 amide bonds. The van der Waals surface area contributed by atoms with Crippen LogP contribution in [0, 0.1) is 0 Å². The molecule has 0 unspecified atom stereocenters. The molecule has 6 nitrogen and oxygen atoms in total. The van der Waals surface area contributed by atoms with Crippen LogP contribution in [-0.4, -0.2) is 36.2 Å². The Morgan fingerprint density at radius 2 is 1.67 bits per heavy atom. The van der Waals surface area contributed by atoms with E-state index in [2.05, 4.69) is 20.6 Å². The number of alkyl halides is 1. The number of hydrogen-bond donors (Lipinski definition) is 2. The van der Waals surface area contributed by atoms with Crippen molar-refractivity contribution in [1.29, 1.82) is 0 Å². The van der Waals surface area contributed by atoms with Crippen LogP contribution in [0.5, 0.6) is 5.75 Å². The van der Waals surface area contributed by atoms with Crippen LogP contribution in [0.3, 0.4) is 0 Å². The first kappa shape index (κ1) is 18.3. The van der Waals surface area contributed by atoms with Crippen molar-refractivity contribution >= 4 is 17.5 Å². The molecule has 0 aliphatic rings. The topological polar surface area (TPSA) is 76.1 Å². The lowest BCUT2D eigenvalue weighted by Gasteiger charge is -2.08. The van der Waals surface area contributed by atoms with Crippen molar-refractivity contribution < 1.29 is 13.9 Å². The highest BCUT2D eigenvalue weighted by Crippen LogP contribution is 2.22. The number of nitrogens with one attached hydrogen (secondary N) is 2. The molecule has 3 rings (SSSR count). The molecule has 138 valence electrons. The lowest BCUT2D eigenvalue weighted by molar-refractivity contribution is 0.0951. The first-order valence-electron chi connectivity index (χ1n) is 8.37. The number of halogens is 1. The Hall–Kier alpha value is -3.48. The van der Waals surface area contributed by atoms with Gasteiger partial charge in [0.25, 0.3) is 5.91 Å². The summed E-state index contributed by atoms with van der Waals surface area (Å²) in [6, 6.07) is 14.4. The van der Waals surface area contributed by atoms with Crippen molar-refractivity contribution in [3.05, 3.63) is 66.5 Å². The molecule has 1 heterocycles. The predicted molar refractivity (Wildman–Crippen MR) is 102 cm³/mol. The van der Waals surface area contributed by atoms with Crippen molar-refractivity contribution in [1.82, 2.24) is 15.3 Å². The van der Waals surface area contributed by atoms with Gasteiger partial charge in [0.05, 0.1) is 7.11 Å². The predicted octanol–water partition coefficient (Wildman–Crippen LogP) is 3.60. The van der Waals surface area contributed by atoms with Crippen molar-refractivity contribution in [2.75, 3.05) is 25.6 Å². The third-order valence-corrected chi connectivity index (χ3v) is 3.86. The van der Waals surface area contributed by atoms with Crippen LogP contribution in [-0.2, 0) is 0 Å². The van der Waals surface area contributed by atoms with Gasteiger partial charge < -0.3 is 15.4 Å². The smallest absolute Gasteiger partial charge is 0.251 e. The van der Waals surface area contributed by atoms with Gasteiger partial charge in [-0.15, -0.1) is 0 Å². The molecule has 0 fully saturated rings. The van der Waals surface area contributed by atoms with E-state index in [9.17, 15) is 9.18 Å². The summed E-state index contributed by atoms with van der Waals surface area (Å²) < 4.78 is 17.3. The Labute approximate surface area is 156 Å². The highest BCUT2D eigenvalue weighted by atomic mass is 19.1. The lowest BCUT2D eigenvalue weighted by atomic mass is 10.1. The van der Waals surface area contributed by atoms with E-state index in [4.69, 9.17) is 4.74 Å². The van der Waals surface area contributed by atoms with Crippen molar-refractivity contribution in [3.63, 3.8) is 0 Å². The quantitative estimate of drug-likeness (QED) is 0.668. The maximum Gasteiger partial charge on any atom is 0.251 e. The molecule has 0 aliphatic carbocycles. The fourth-order valence-electron chi connectivity index (χ4n) is 2.42. The summed E-state index contributed by atoms with van der Waals surface area (Å²) in [4.78, 5) is 20.4. The first-order chi connectivity index (χ1) is 13.2. The van der Waals surface area contributed by atoms with Gasteiger partial charge in [0.1, 0.15) is 12.4 Å². The molecule has 0 saturated carbocycles. The number of aromatic nitrogens is 2. The van der Waals surface area contributed by atoms with Crippen LogP contribution >= 0.6 is 0 Å². The fourth-order valence-corrected chi connectivity index (χ4v) is 2.42. The highest BCUT2D eigenvalue weighted by molar-refractivity contribution is 5.94. The molecule has 1 aromatic heterocycles. The zero-order valence-corrected chi connectivity index (χ0v) is 14.8. The molecule has 0 spiro atoms. The number of rotatable bonds is 7. The van der Waals surface area contributed by atoms with E-state index < -0.39 is 6.67 Å². The van der Waals surface area contributed by atoms with E-state index in [0.717, 1.165) is 22.6 Å². The average Bonchev–Trinajstić information content (AvgIpc) is 2.73. The standard InChI is InChI=1S/C20H19FN4O2/c1-27-18-8-4-14(5-9-18)16-12-23-20(24-13-16)25-17-6-2-15(3-7-17)19(26)22-11-10-21/h2-9,12-13H,10-11H2,1H3,(H,22,26)(H,23,24,25). The van der Waals surface area contributed by atoms with Gasteiger partial charge >= 0.3 is 0 Å². The summed E-state index contributed by atoms with van der Waals surface area (Å²) in [5, 5.41) is 5.56. The second kappa shape index (κ2) is 8.75. The second-order valence-corrected chi connectivity index (χ2v) is 5.67. The molecule has 0 atom stereocenters. The number of carbonyl (C=O) groups is 1. The summed E-state index contributed by atoms with van der Waals surface area (Å²) >= 11 is 0. The number of benzene rings is 2. The minimum absolute atomic E-state index is 0.00716. The minimum atomic E-state index is -0.588. The number of carbonyl (C=O) groups excluding carboxylic acids is 1. The summed E-state index contributed by atoms with van der Waals surface area (Å²) in [6.07, 6.45) is 3.46. The van der Waals surface area contributed by atoms with E-state index in [-0.39, 0.29) is 12.5 Å². The maximum absolute atomic E-state index is 12.1. The Bertz CT molecular complexity index is 881. The second-order valence-electron chi connectivity index (χ2n) is 5.67. The highest BCUT2D eigenvalue weighted by Gasteiger charge is 2.06. The Kier molecular flexibility index (Phi) is 5.94. The lowest BCUT2D eigenvalue weighted by Crippen LogP contribution is -2.25. The van der Waals surface area contributed by atoms with Gasteiger partial charge in [-0.3, -0.25) is 4.79 Å². The first-order valence-corrected chi connectivity index (χ1v) is 8.37. The molecule has 0 bridgehead atoms. The zero-order valence-electron chi connectivity index (χ0n) is 14.8. The normalized spacial score (nSPS) is 10.3. The average molecular weight is 366 g/mol. The summed E-state index contributed by atoms with van der Waals surface area (Å²) in [5.41, 5.74) is 3.09. The third-order valence-electron chi connectivity index (χ3n) is 3.86. The molecule has 2 N–H and O–H groups in total. The number of ether oxygens (including phenoxy) is 1. The summed E-state index contributed by atoms with van der Waals surface area (Å²) in [6.45, 7) is -0.581. The Balaban J connectivity index is 1.64. The van der Waals surface area contributed by atoms with Gasteiger partial charge in [0.2, 0.25) is 5.95 Å². The minimum Gasteiger partial charge on any atom is -0.497 e. The molecule has 2 aromatic carbocycles. The molecular weight excluding hydrogens is 347 g/mol. The Morgan fingerprint density at radius 1 is 1.00 bits per heavy atom. The molecule has 7 heteroatoms. The van der Waals surface area contributed by atoms with E-state index in [1.165, 1.54) is 0 Å². The Morgan fingerprint density at radius 3 is 2.26 bits per heavy atom. The van der Waals surface area contributed by atoms with Crippen LogP contribution in [0.4, 0.5) is 16.0 Å². The molecule has 3 aromatic rings. The van der Waals surface area contributed by atoms with Gasteiger partial charge in [0.15, 0.2) is 0 Å². The van der Waals surface area contributed by atoms with E-state index >= 15 is 0 Å². The van der Waals surface area contributed by atoms with Crippen LogP contribution in [0.25, 0.3) is 11.1 Å². The molecule has 27 heavy (non-hydrogen) atoms. The number of nitrogens with zero attached hydrogens (tertiary/aromatic N) is 2. The van der Waals surface area contributed by atoms with Gasteiger partial charge in [-0.2, -0.15) is 0 Å². The largest absolute Gasteiger partial charge is 0.497 e. The van der Waals surface area contributed by atoms with Crippen LogP contribution in [0.2, 0.25) is 0 Å². The van der Waals surface area contributed by atoms with E-state index in [1.54, 1.807) is 43.8 Å². The monoisotopic (exact) mass is 366 g/mol. The van der Waals surface area contributed by atoms with E-state index in [0.29, 0.717) is 11.5 Å². The fraction of sp³-hybridized carbons (Fsp3) is 0.150. The van der Waals surface area contributed by atoms with Crippen LogP contribution < -0.4 is 15.4 Å². The number of anilines is 2. The molecular formula is C20H19FN4O2. The molecule has 0 saturated heterocycles. The molecule has 0 aliphatic heterocycles. The van der Waals surface area contributed by atoms with E-state index in [1.807, 2.05) is 24.3 Å². The zero-order chi connectivity index (χ0) is 19.1. The van der Waals surface area contributed by atoms with Crippen LogP contribution in [0.1, 0.15) is 10.4 Å². The summed E-state index contributed by atoms with van der Waals surface area (Å²) in [5.74, 6) is 0.931.